The number of hydrogen-bond donors (Lipinski definition) is 3. The molecule has 0 bridgehead atoms. The molecule has 0 atom stereocenters. The van der Waals surface area contributed by atoms with E-state index in [0.29, 0.717) is 19.5 Å². The van der Waals surface area contributed by atoms with Crippen LogP contribution in [-0.2, 0) is 16.0 Å². The zero-order valence-electron chi connectivity index (χ0n) is 14.3. The first-order chi connectivity index (χ1) is 12.7. The van der Waals surface area contributed by atoms with Crippen molar-refractivity contribution in [3.63, 3.8) is 0 Å². The molecule has 0 unspecified atom stereocenters. The fraction of sp³-hybridized carbons (Fsp3) is 0.200. The third-order valence-electron chi connectivity index (χ3n) is 4.58. The Morgan fingerprint density at radius 1 is 1.12 bits per heavy atom. The molecule has 1 aliphatic rings. The maximum atomic E-state index is 12.4. The lowest BCUT2D eigenvalue weighted by Gasteiger charge is -2.28. The highest BCUT2D eigenvalue weighted by atomic mass is 16.2. The van der Waals surface area contributed by atoms with Gasteiger partial charge in [-0.2, -0.15) is 0 Å². The summed E-state index contributed by atoms with van der Waals surface area (Å²) in [5, 5.41) is 6.82. The minimum Gasteiger partial charge on any atom is -0.361 e. The van der Waals surface area contributed by atoms with Crippen LogP contribution in [0, 0.1) is 0 Å². The summed E-state index contributed by atoms with van der Waals surface area (Å²) in [6, 6.07) is 15.5. The molecule has 132 valence electrons. The second-order valence-corrected chi connectivity index (χ2v) is 6.40. The molecule has 26 heavy (non-hydrogen) atoms. The fourth-order valence-corrected chi connectivity index (χ4v) is 3.27. The summed E-state index contributed by atoms with van der Waals surface area (Å²) in [7, 11) is 0. The molecule has 6 nitrogen and oxygen atoms in total. The molecule has 3 aromatic rings. The summed E-state index contributed by atoms with van der Waals surface area (Å²) < 4.78 is 0. The van der Waals surface area contributed by atoms with Gasteiger partial charge in [-0.15, -0.1) is 0 Å². The molecule has 0 aliphatic carbocycles. The Balaban J connectivity index is 1.40. The number of rotatable bonds is 4. The fourth-order valence-electron chi connectivity index (χ4n) is 3.27. The lowest BCUT2D eigenvalue weighted by molar-refractivity contribution is -0.120. The summed E-state index contributed by atoms with van der Waals surface area (Å²) in [6.45, 7) is 1.81. The lowest BCUT2D eigenvalue weighted by Crippen LogP contribution is -2.47. The number of carbonyl (C=O) groups is 2. The van der Waals surface area contributed by atoms with Crippen molar-refractivity contribution in [2.75, 3.05) is 29.9 Å². The van der Waals surface area contributed by atoms with Crippen molar-refractivity contribution in [3.05, 3.63) is 60.3 Å². The van der Waals surface area contributed by atoms with E-state index in [2.05, 4.69) is 15.6 Å². The topological polar surface area (TPSA) is 77.2 Å². The quantitative estimate of drug-likeness (QED) is 0.677. The van der Waals surface area contributed by atoms with E-state index < -0.39 is 0 Å². The molecular weight excluding hydrogens is 328 g/mol. The predicted octanol–water partition coefficient (Wildman–Crippen LogP) is 2.29. The Hall–Kier alpha value is -3.28. The van der Waals surface area contributed by atoms with Gasteiger partial charge in [0.2, 0.25) is 11.8 Å². The molecule has 1 saturated heterocycles. The number of aromatic amines is 1. The van der Waals surface area contributed by atoms with Gasteiger partial charge in [0, 0.05) is 41.6 Å². The van der Waals surface area contributed by atoms with E-state index in [4.69, 9.17) is 0 Å². The molecule has 0 radical (unpaired) electrons. The van der Waals surface area contributed by atoms with Crippen LogP contribution in [0.5, 0.6) is 0 Å². The van der Waals surface area contributed by atoms with Crippen LogP contribution < -0.4 is 15.5 Å². The van der Waals surface area contributed by atoms with Gasteiger partial charge in [-0.25, -0.2) is 0 Å². The third kappa shape index (κ3) is 3.39. The molecule has 2 amide bonds. The summed E-state index contributed by atoms with van der Waals surface area (Å²) >= 11 is 0. The van der Waals surface area contributed by atoms with E-state index in [1.165, 1.54) is 0 Å². The highest BCUT2D eigenvalue weighted by Gasteiger charge is 2.16. The van der Waals surface area contributed by atoms with Gasteiger partial charge in [-0.05, 0) is 35.9 Å². The molecule has 6 heteroatoms. The minimum absolute atomic E-state index is 0.0346. The Kier molecular flexibility index (Phi) is 4.31. The standard InChI is InChI=1S/C20H20N4O2/c25-19(11-14-12-22-18-4-2-1-3-17(14)18)23-15-5-7-16(8-6-15)24-10-9-21-20(26)13-24/h1-8,12,22H,9-11,13H2,(H,21,26)(H,23,25). The lowest BCUT2D eigenvalue weighted by atomic mass is 10.1. The Bertz CT molecular complexity index is 946. The van der Waals surface area contributed by atoms with Crippen LogP contribution in [0.15, 0.2) is 54.7 Å². The van der Waals surface area contributed by atoms with E-state index in [-0.39, 0.29) is 11.8 Å². The third-order valence-corrected chi connectivity index (χ3v) is 4.58. The Labute approximate surface area is 151 Å². The number of H-pyrrole nitrogens is 1. The Morgan fingerprint density at radius 3 is 2.73 bits per heavy atom. The predicted molar refractivity (Wildman–Crippen MR) is 102 cm³/mol. The number of piperazine rings is 1. The van der Waals surface area contributed by atoms with Gasteiger partial charge in [0.05, 0.1) is 13.0 Å². The molecule has 4 rings (SSSR count). The summed E-state index contributed by atoms with van der Waals surface area (Å²) in [5.74, 6) is -0.0211. The van der Waals surface area contributed by atoms with Crippen LogP contribution in [0.2, 0.25) is 0 Å². The van der Waals surface area contributed by atoms with Crippen molar-refractivity contribution in [1.29, 1.82) is 0 Å². The number of nitrogens with one attached hydrogen (secondary N) is 3. The molecule has 2 aromatic carbocycles. The van der Waals surface area contributed by atoms with Crippen molar-refractivity contribution in [2.24, 2.45) is 0 Å². The molecule has 2 heterocycles. The number of aromatic nitrogens is 1. The largest absolute Gasteiger partial charge is 0.361 e. The highest BCUT2D eigenvalue weighted by molar-refractivity contribution is 5.96. The number of nitrogens with zero attached hydrogens (tertiary/aromatic N) is 1. The van der Waals surface area contributed by atoms with E-state index >= 15 is 0 Å². The zero-order valence-corrected chi connectivity index (χ0v) is 14.3. The highest BCUT2D eigenvalue weighted by Crippen LogP contribution is 2.20. The monoisotopic (exact) mass is 348 g/mol. The zero-order chi connectivity index (χ0) is 17.9. The first-order valence-electron chi connectivity index (χ1n) is 8.65. The van der Waals surface area contributed by atoms with E-state index in [0.717, 1.165) is 34.4 Å². The van der Waals surface area contributed by atoms with Crippen LogP contribution in [-0.4, -0.2) is 36.4 Å². The van der Waals surface area contributed by atoms with Crippen LogP contribution in [0.1, 0.15) is 5.56 Å². The molecule has 0 spiro atoms. The number of anilines is 2. The van der Waals surface area contributed by atoms with Crippen LogP contribution in [0.3, 0.4) is 0 Å². The van der Waals surface area contributed by atoms with Gasteiger partial charge in [0.1, 0.15) is 0 Å². The van der Waals surface area contributed by atoms with Crippen LogP contribution in [0.25, 0.3) is 10.9 Å². The van der Waals surface area contributed by atoms with E-state index in [1.807, 2.05) is 59.6 Å². The molecular formula is C20H20N4O2. The number of benzene rings is 2. The summed E-state index contributed by atoms with van der Waals surface area (Å²) in [6.07, 6.45) is 2.20. The van der Waals surface area contributed by atoms with Crippen molar-refractivity contribution in [3.8, 4) is 0 Å². The normalized spacial score (nSPS) is 14.3. The maximum absolute atomic E-state index is 12.4. The van der Waals surface area contributed by atoms with Crippen molar-refractivity contribution >= 4 is 34.1 Å². The van der Waals surface area contributed by atoms with E-state index in [1.54, 1.807) is 0 Å². The van der Waals surface area contributed by atoms with Crippen LogP contribution >= 0.6 is 0 Å². The minimum atomic E-state index is -0.0557. The molecule has 1 fully saturated rings. The molecule has 0 saturated carbocycles. The SMILES string of the molecule is O=C1CN(c2ccc(NC(=O)Cc3c[nH]c4ccccc34)cc2)CCN1. The summed E-state index contributed by atoms with van der Waals surface area (Å²) in [4.78, 5) is 29.1. The second kappa shape index (κ2) is 6.92. The number of para-hydroxylation sites is 1. The van der Waals surface area contributed by atoms with Crippen LogP contribution in [0.4, 0.5) is 11.4 Å². The first-order valence-corrected chi connectivity index (χ1v) is 8.65. The van der Waals surface area contributed by atoms with Crippen molar-refractivity contribution < 1.29 is 9.59 Å². The average Bonchev–Trinajstić information content (AvgIpc) is 3.05. The van der Waals surface area contributed by atoms with Gasteiger partial charge in [-0.1, -0.05) is 18.2 Å². The van der Waals surface area contributed by atoms with Crippen molar-refractivity contribution in [1.82, 2.24) is 10.3 Å². The Morgan fingerprint density at radius 2 is 1.92 bits per heavy atom. The molecule has 1 aromatic heterocycles. The smallest absolute Gasteiger partial charge is 0.239 e. The first kappa shape index (κ1) is 16.2. The van der Waals surface area contributed by atoms with Gasteiger partial charge in [0.15, 0.2) is 0 Å². The molecule has 3 N–H and O–H groups in total. The van der Waals surface area contributed by atoms with Crippen molar-refractivity contribution in [2.45, 2.75) is 6.42 Å². The number of hydrogen-bond acceptors (Lipinski definition) is 3. The number of amides is 2. The van der Waals surface area contributed by atoms with Gasteiger partial charge in [0.25, 0.3) is 0 Å². The number of carbonyl (C=O) groups excluding carboxylic acids is 2. The number of fused-ring (bicyclic) bond motifs is 1. The van der Waals surface area contributed by atoms with Gasteiger partial charge < -0.3 is 20.5 Å². The molecule has 1 aliphatic heterocycles. The second-order valence-electron chi connectivity index (χ2n) is 6.40. The van der Waals surface area contributed by atoms with Gasteiger partial charge in [-0.3, -0.25) is 9.59 Å². The average molecular weight is 348 g/mol. The summed E-state index contributed by atoms with van der Waals surface area (Å²) in [5.41, 5.74) is 3.74. The maximum Gasteiger partial charge on any atom is 0.239 e. The van der Waals surface area contributed by atoms with Gasteiger partial charge >= 0.3 is 0 Å². The van der Waals surface area contributed by atoms with E-state index in [9.17, 15) is 9.59 Å².